The molecule has 0 aliphatic rings. The Labute approximate surface area is 100 Å². The maximum absolute atomic E-state index is 5.38. The van der Waals surface area contributed by atoms with Crippen LogP contribution in [-0.2, 0) is 6.42 Å². The number of aromatic nitrogens is 1. The zero-order valence-electron chi connectivity index (χ0n) is 10.1. The van der Waals surface area contributed by atoms with Crippen molar-refractivity contribution < 1.29 is 0 Å². The molecule has 4 heteroatoms. The van der Waals surface area contributed by atoms with Gasteiger partial charge in [-0.3, -0.25) is 0 Å². The first kappa shape index (κ1) is 11.4. The second kappa shape index (κ2) is 4.41. The molecule has 1 aromatic carbocycles. The van der Waals surface area contributed by atoms with Crippen molar-refractivity contribution in [3.63, 3.8) is 0 Å². The van der Waals surface area contributed by atoms with E-state index in [-0.39, 0.29) is 5.96 Å². The van der Waals surface area contributed by atoms with Gasteiger partial charge in [0.1, 0.15) is 0 Å². The van der Waals surface area contributed by atoms with Gasteiger partial charge >= 0.3 is 0 Å². The summed E-state index contributed by atoms with van der Waals surface area (Å²) in [5.74, 6) is 0.603. The van der Waals surface area contributed by atoms with Crippen molar-refractivity contribution in [2.24, 2.45) is 16.5 Å². The van der Waals surface area contributed by atoms with E-state index in [0.29, 0.717) is 5.82 Å². The highest BCUT2D eigenvalue weighted by molar-refractivity contribution is 5.85. The van der Waals surface area contributed by atoms with E-state index in [0.717, 1.165) is 17.3 Å². The lowest BCUT2D eigenvalue weighted by molar-refractivity contribution is 1.14. The first-order valence-electron chi connectivity index (χ1n) is 5.60. The van der Waals surface area contributed by atoms with Crippen LogP contribution in [0.25, 0.3) is 10.9 Å². The Morgan fingerprint density at radius 3 is 2.71 bits per heavy atom. The zero-order chi connectivity index (χ0) is 12.4. The summed E-state index contributed by atoms with van der Waals surface area (Å²) in [6, 6.07) is 8.15. The first-order chi connectivity index (χ1) is 8.10. The van der Waals surface area contributed by atoms with E-state index in [2.05, 4.69) is 29.0 Å². The molecule has 0 amide bonds. The average molecular weight is 228 g/mol. The van der Waals surface area contributed by atoms with Crippen LogP contribution in [0.1, 0.15) is 18.1 Å². The van der Waals surface area contributed by atoms with E-state index in [1.54, 1.807) is 0 Å². The fraction of sp³-hybridized carbons (Fsp3) is 0.231. The summed E-state index contributed by atoms with van der Waals surface area (Å²) < 4.78 is 0. The third-order valence-electron chi connectivity index (χ3n) is 2.66. The molecule has 0 aliphatic carbocycles. The van der Waals surface area contributed by atoms with Crippen LogP contribution in [0.2, 0.25) is 0 Å². The third kappa shape index (κ3) is 2.36. The van der Waals surface area contributed by atoms with E-state index < -0.39 is 0 Å². The second-order valence-electron chi connectivity index (χ2n) is 4.05. The number of guanidine groups is 1. The molecule has 0 spiro atoms. The summed E-state index contributed by atoms with van der Waals surface area (Å²) in [4.78, 5) is 8.45. The standard InChI is InChI=1S/C13H16N4/c1-3-9-7-12(17-13(14)15)16-11-6-8(2)4-5-10(9)11/h4-7H,3H2,1-2H3,(H4,14,15,16,17). The number of hydrogen-bond acceptors (Lipinski definition) is 2. The minimum atomic E-state index is 0.0338. The summed E-state index contributed by atoms with van der Waals surface area (Å²) in [6.45, 7) is 4.15. The number of aryl methyl sites for hydroxylation is 2. The monoisotopic (exact) mass is 228 g/mol. The summed E-state index contributed by atoms with van der Waals surface area (Å²) in [7, 11) is 0. The fourth-order valence-corrected chi connectivity index (χ4v) is 1.88. The molecule has 88 valence electrons. The Kier molecular flexibility index (Phi) is 2.95. The SMILES string of the molecule is CCc1cc(N=C(N)N)nc2cc(C)ccc12. The van der Waals surface area contributed by atoms with Crippen molar-refractivity contribution in [3.05, 3.63) is 35.4 Å². The Hall–Kier alpha value is -2.10. The summed E-state index contributed by atoms with van der Waals surface area (Å²) >= 11 is 0. The van der Waals surface area contributed by atoms with Crippen LogP contribution in [0.3, 0.4) is 0 Å². The Balaban J connectivity index is 2.71. The van der Waals surface area contributed by atoms with Crippen LogP contribution < -0.4 is 11.5 Å². The van der Waals surface area contributed by atoms with Crippen LogP contribution >= 0.6 is 0 Å². The Morgan fingerprint density at radius 1 is 1.29 bits per heavy atom. The summed E-state index contributed by atoms with van der Waals surface area (Å²) in [5.41, 5.74) is 14.1. The van der Waals surface area contributed by atoms with Gasteiger partial charge in [0.05, 0.1) is 5.52 Å². The van der Waals surface area contributed by atoms with E-state index in [1.807, 2.05) is 19.1 Å². The van der Waals surface area contributed by atoms with Gasteiger partial charge in [-0.05, 0) is 36.6 Å². The molecule has 0 radical (unpaired) electrons. The molecule has 0 unspecified atom stereocenters. The highest BCUT2D eigenvalue weighted by atomic mass is 15.0. The molecule has 0 saturated carbocycles. The third-order valence-corrected chi connectivity index (χ3v) is 2.66. The molecule has 1 heterocycles. The van der Waals surface area contributed by atoms with Crippen molar-refractivity contribution >= 4 is 22.7 Å². The molecule has 0 saturated heterocycles. The first-order valence-corrected chi connectivity index (χ1v) is 5.60. The normalized spacial score (nSPS) is 10.5. The van der Waals surface area contributed by atoms with Crippen molar-refractivity contribution in [1.82, 2.24) is 4.98 Å². The van der Waals surface area contributed by atoms with E-state index in [9.17, 15) is 0 Å². The van der Waals surface area contributed by atoms with Gasteiger partial charge in [-0.25, -0.2) is 4.98 Å². The lowest BCUT2D eigenvalue weighted by Gasteiger charge is -2.06. The number of hydrogen-bond donors (Lipinski definition) is 2. The van der Waals surface area contributed by atoms with Crippen molar-refractivity contribution in [2.75, 3.05) is 0 Å². The number of aliphatic imine (C=N–C) groups is 1. The molecule has 1 aromatic heterocycles. The van der Waals surface area contributed by atoms with Crippen LogP contribution in [0, 0.1) is 6.92 Å². The predicted molar refractivity (Wildman–Crippen MR) is 71.3 cm³/mol. The minimum absolute atomic E-state index is 0.0338. The van der Waals surface area contributed by atoms with Crippen LogP contribution in [0.5, 0.6) is 0 Å². The Bertz CT molecular complexity index is 583. The van der Waals surface area contributed by atoms with Crippen molar-refractivity contribution in [1.29, 1.82) is 0 Å². The van der Waals surface area contributed by atoms with Crippen LogP contribution in [0.4, 0.5) is 5.82 Å². The zero-order valence-corrected chi connectivity index (χ0v) is 10.1. The van der Waals surface area contributed by atoms with Crippen LogP contribution in [0.15, 0.2) is 29.3 Å². The second-order valence-corrected chi connectivity index (χ2v) is 4.05. The smallest absolute Gasteiger partial charge is 0.192 e. The molecule has 2 rings (SSSR count). The molecular formula is C13H16N4. The largest absolute Gasteiger partial charge is 0.370 e. The minimum Gasteiger partial charge on any atom is -0.370 e. The number of fused-ring (bicyclic) bond motifs is 1. The fourth-order valence-electron chi connectivity index (χ4n) is 1.88. The van der Waals surface area contributed by atoms with Gasteiger partial charge in [0.15, 0.2) is 11.8 Å². The average Bonchev–Trinajstić information content (AvgIpc) is 2.26. The van der Waals surface area contributed by atoms with E-state index >= 15 is 0 Å². The number of benzene rings is 1. The quantitative estimate of drug-likeness (QED) is 0.609. The molecule has 0 atom stereocenters. The Morgan fingerprint density at radius 2 is 2.06 bits per heavy atom. The van der Waals surface area contributed by atoms with Gasteiger partial charge < -0.3 is 11.5 Å². The molecule has 0 aliphatic heterocycles. The lowest BCUT2D eigenvalue weighted by atomic mass is 10.1. The van der Waals surface area contributed by atoms with Crippen molar-refractivity contribution in [2.45, 2.75) is 20.3 Å². The van der Waals surface area contributed by atoms with Gasteiger partial charge in [0.25, 0.3) is 0 Å². The van der Waals surface area contributed by atoms with E-state index in [1.165, 1.54) is 11.1 Å². The van der Waals surface area contributed by atoms with Gasteiger partial charge in [-0.1, -0.05) is 19.1 Å². The molecular weight excluding hydrogens is 212 g/mol. The summed E-state index contributed by atoms with van der Waals surface area (Å²) in [5, 5.41) is 1.16. The molecule has 4 N–H and O–H groups in total. The molecule has 0 bridgehead atoms. The lowest BCUT2D eigenvalue weighted by Crippen LogP contribution is -2.22. The molecule has 0 fully saturated rings. The highest BCUT2D eigenvalue weighted by Crippen LogP contribution is 2.23. The maximum Gasteiger partial charge on any atom is 0.192 e. The van der Waals surface area contributed by atoms with E-state index in [4.69, 9.17) is 11.5 Å². The molecule has 2 aromatic rings. The number of nitrogens with zero attached hydrogens (tertiary/aromatic N) is 2. The van der Waals surface area contributed by atoms with Gasteiger partial charge in [-0.15, -0.1) is 0 Å². The van der Waals surface area contributed by atoms with Crippen LogP contribution in [-0.4, -0.2) is 10.9 Å². The number of pyridine rings is 1. The summed E-state index contributed by atoms with van der Waals surface area (Å²) in [6.07, 6.45) is 0.926. The van der Waals surface area contributed by atoms with Gasteiger partial charge in [-0.2, -0.15) is 4.99 Å². The molecule has 4 nitrogen and oxygen atoms in total. The van der Waals surface area contributed by atoms with Gasteiger partial charge in [0.2, 0.25) is 0 Å². The number of nitrogens with two attached hydrogens (primary N) is 2. The number of rotatable bonds is 2. The maximum atomic E-state index is 5.38. The van der Waals surface area contributed by atoms with Crippen molar-refractivity contribution in [3.8, 4) is 0 Å². The molecule has 17 heavy (non-hydrogen) atoms. The van der Waals surface area contributed by atoms with Gasteiger partial charge in [0, 0.05) is 5.39 Å². The predicted octanol–water partition coefficient (Wildman–Crippen LogP) is 2.01. The topological polar surface area (TPSA) is 77.3 Å². The highest BCUT2D eigenvalue weighted by Gasteiger charge is 2.04.